The van der Waals surface area contributed by atoms with Gasteiger partial charge in [0.25, 0.3) is 5.91 Å². The minimum absolute atomic E-state index is 0.113. The van der Waals surface area contributed by atoms with Crippen molar-refractivity contribution < 1.29 is 9.90 Å². The Bertz CT molecular complexity index is 621. The summed E-state index contributed by atoms with van der Waals surface area (Å²) in [5.74, 6) is -0.195. The van der Waals surface area contributed by atoms with Gasteiger partial charge in [0, 0.05) is 13.2 Å². The Morgan fingerprint density at radius 2 is 2.26 bits per heavy atom. The van der Waals surface area contributed by atoms with E-state index in [1.807, 2.05) is 12.1 Å². The molecule has 0 aromatic carbocycles. The monoisotopic (exact) mass is 279 g/mol. The summed E-state index contributed by atoms with van der Waals surface area (Å²) >= 11 is 1.33. The Balaban J connectivity index is 2.45. The summed E-state index contributed by atoms with van der Waals surface area (Å²) < 4.78 is 0.888. The molecule has 102 valence electrons. The van der Waals surface area contributed by atoms with Gasteiger partial charge in [-0.1, -0.05) is 0 Å². The second kappa shape index (κ2) is 4.79. The van der Waals surface area contributed by atoms with Crippen LogP contribution in [0, 0.1) is 0 Å². The topological polar surface area (TPSA) is 79.5 Å². The van der Waals surface area contributed by atoms with Crippen LogP contribution in [0.5, 0.6) is 0 Å². The molecule has 0 spiro atoms. The molecule has 1 amide bonds. The van der Waals surface area contributed by atoms with E-state index in [1.54, 1.807) is 27.1 Å². The predicted octanol–water partition coefficient (Wildman–Crippen LogP) is 1.72. The number of aliphatic hydroxyl groups excluding tert-OH is 1. The molecule has 0 aliphatic rings. The second-order valence-electron chi connectivity index (χ2n) is 5.03. The summed E-state index contributed by atoms with van der Waals surface area (Å²) in [6, 6.07) is 3.70. The van der Waals surface area contributed by atoms with Gasteiger partial charge in [-0.25, -0.2) is 0 Å². The maximum atomic E-state index is 12.5. The van der Waals surface area contributed by atoms with Crippen molar-refractivity contribution in [2.75, 3.05) is 19.4 Å². The number of likely N-dealkylation sites (N-methyl/N-ethyl adjacent to an activating group) is 1. The summed E-state index contributed by atoms with van der Waals surface area (Å²) in [6.45, 7) is 3.48. The number of carbonyl (C=O) groups is 1. The molecule has 0 unspecified atom stereocenters. The molecular weight excluding hydrogens is 262 g/mol. The third-order valence-corrected chi connectivity index (χ3v) is 4.42. The Hall–Kier alpha value is -1.66. The van der Waals surface area contributed by atoms with E-state index in [2.05, 4.69) is 4.98 Å². The van der Waals surface area contributed by atoms with Crippen LogP contribution in [0.3, 0.4) is 0 Å². The van der Waals surface area contributed by atoms with Crippen LogP contribution in [0.25, 0.3) is 10.2 Å². The summed E-state index contributed by atoms with van der Waals surface area (Å²) in [6.07, 6.45) is 1.65. The number of nitrogen functional groups attached to an aromatic ring is 1. The third kappa shape index (κ3) is 2.29. The molecule has 0 radical (unpaired) electrons. The van der Waals surface area contributed by atoms with E-state index >= 15 is 0 Å². The maximum Gasteiger partial charge on any atom is 0.266 e. The first-order valence-electron chi connectivity index (χ1n) is 5.90. The number of nitrogens with two attached hydrogens (primary N) is 1. The molecule has 0 aliphatic carbocycles. The van der Waals surface area contributed by atoms with E-state index in [9.17, 15) is 9.90 Å². The zero-order valence-electron chi connectivity index (χ0n) is 11.2. The number of aromatic nitrogens is 1. The summed E-state index contributed by atoms with van der Waals surface area (Å²) in [5, 5.41) is 9.34. The van der Waals surface area contributed by atoms with Gasteiger partial charge in [0.2, 0.25) is 0 Å². The number of thiophene rings is 1. The first kappa shape index (κ1) is 13.8. The van der Waals surface area contributed by atoms with E-state index in [0.717, 1.165) is 4.70 Å². The number of pyridine rings is 1. The van der Waals surface area contributed by atoms with Crippen LogP contribution in [-0.4, -0.2) is 40.1 Å². The molecule has 0 saturated heterocycles. The van der Waals surface area contributed by atoms with Gasteiger partial charge in [0.05, 0.1) is 22.5 Å². The zero-order chi connectivity index (χ0) is 14.2. The molecule has 0 atom stereocenters. The van der Waals surface area contributed by atoms with Crippen LogP contribution in [0.1, 0.15) is 23.5 Å². The maximum absolute atomic E-state index is 12.5. The van der Waals surface area contributed by atoms with Crippen molar-refractivity contribution in [3.8, 4) is 0 Å². The Morgan fingerprint density at radius 3 is 2.84 bits per heavy atom. The van der Waals surface area contributed by atoms with Gasteiger partial charge in [0.15, 0.2) is 0 Å². The van der Waals surface area contributed by atoms with Gasteiger partial charge in [0.1, 0.15) is 10.4 Å². The summed E-state index contributed by atoms with van der Waals surface area (Å²) in [5.41, 5.74) is 6.44. The average Bonchev–Trinajstić information content (AvgIpc) is 2.75. The van der Waals surface area contributed by atoms with Crippen LogP contribution in [-0.2, 0) is 0 Å². The first-order chi connectivity index (χ1) is 8.88. The molecule has 3 N–H and O–H groups in total. The first-order valence-corrected chi connectivity index (χ1v) is 6.72. The molecule has 2 aromatic rings. The van der Waals surface area contributed by atoms with E-state index < -0.39 is 5.54 Å². The minimum atomic E-state index is -0.632. The molecule has 19 heavy (non-hydrogen) atoms. The highest BCUT2D eigenvalue weighted by Crippen LogP contribution is 2.33. The zero-order valence-corrected chi connectivity index (χ0v) is 12.0. The van der Waals surface area contributed by atoms with Crippen molar-refractivity contribution in [1.82, 2.24) is 9.88 Å². The number of rotatable bonds is 3. The van der Waals surface area contributed by atoms with Gasteiger partial charge in [-0.3, -0.25) is 9.78 Å². The highest BCUT2D eigenvalue weighted by molar-refractivity contribution is 7.21. The molecule has 0 fully saturated rings. The van der Waals surface area contributed by atoms with Crippen molar-refractivity contribution in [3.05, 3.63) is 23.2 Å². The van der Waals surface area contributed by atoms with Gasteiger partial charge < -0.3 is 15.7 Å². The largest absolute Gasteiger partial charge is 0.396 e. The van der Waals surface area contributed by atoms with Crippen molar-refractivity contribution >= 4 is 33.1 Å². The molecule has 2 rings (SSSR count). The molecule has 0 bridgehead atoms. The normalized spacial score (nSPS) is 11.8. The minimum Gasteiger partial charge on any atom is -0.396 e. The molecule has 6 heteroatoms. The summed E-state index contributed by atoms with van der Waals surface area (Å²) in [7, 11) is 1.66. The standard InChI is InChI=1S/C13H17N3O2S/c1-13(2,7-17)16(3)12(18)11-9(14)10-8(19-11)5-4-6-15-10/h4-6,17H,7,14H2,1-3H3. The third-order valence-electron chi connectivity index (χ3n) is 3.28. The molecular formula is C13H17N3O2S. The lowest BCUT2D eigenvalue weighted by atomic mass is 10.0. The number of aliphatic hydroxyl groups is 1. The average molecular weight is 279 g/mol. The van der Waals surface area contributed by atoms with Crippen LogP contribution < -0.4 is 5.73 Å². The Kier molecular flexibility index (Phi) is 3.47. The van der Waals surface area contributed by atoms with Gasteiger partial charge in [-0.2, -0.15) is 0 Å². The molecule has 0 saturated carbocycles. The highest BCUT2D eigenvalue weighted by Gasteiger charge is 2.30. The molecule has 0 aliphatic heterocycles. The van der Waals surface area contributed by atoms with Gasteiger partial charge >= 0.3 is 0 Å². The highest BCUT2D eigenvalue weighted by atomic mass is 32.1. The lowest BCUT2D eigenvalue weighted by Gasteiger charge is -2.33. The number of hydrogen-bond acceptors (Lipinski definition) is 5. The number of hydrogen-bond donors (Lipinski definition) is 2. The van der Waals surface area contributed by atoms with Crippen molar-refractivity contribution in [3.63, 3.8) is 0 Å². The quantitative estimate of drug-likeness (QED) is 0.896. The van der Waals surface area contributed by atoms with Crippen LogP contribution in [0.4, 0.5) is 5.69 Å². The SMILES string of the molecule is CN(C(=O)c1sc2cccnc2c1N)C(C)(C)CO. The van der Waals surface area contributed by atoms with Gasteiger partial charge in [-0.05, 0) is 26.0 Å². The van der Waals surface area contributed by atoms with E-state index in [4.69, 9.17) is 5.73 Å². The molecule has 2 heterocycles. The molecule has 5 nitrogen and oxygen atoms in total. The van der Waals surface area contributed by atoms with Crippen molar-refractivity contribution in [2.45, 2.75) is 19.4 Å². The predicted molar refractivity (Wildman–Crippen MR) is 77.3 cm³/mol. The molecule has 2 aromatic heterocycles. The van der Waals surface area contributed by atoms with Crippen molar-refractivity contribution in [2.24, 2.45) is 0 Å². The Labute approximate surface area is 115 Å². The van der Waals surface area contributed by atoms with E-state index in [1.165, 1.54) is 16.2 Å². The number of amides is 1. The fourth-order valence-electron chi connectivity index (χ4n) is 1.64. The van der Waals surface area contributed by atoms with Crippen molar-refractivity contribution in [1.29, 1.82) is 0 Å². The lowest BCUT2D eigenvalue weighted by molar-refractivity contribution is 0.0479. The Morgan fingerprint density at radius 1 is 1.58 bits per heavy atom. The van der Waals surface area contributed by atoms with Crippen LogP contribution in [0.15, 0.2) is 18.3 Å². The van der Waals surface area contributed by atoms with E-state index in [0.29, 0.717) is 16.1 Å². The fourth-order valence-corrected chi connectivity index (χ4v) is 2.70. The second-order valence-corrected chi connectivity index (χ2v) is 6.08. The summed E-state index contributed by atoms with van der Waals surface area (Å²) in [4.78, 5) is 18.6. The lowest BCUT2D eigenvalue weighted by Crippen LogP contribution is -2.47. The number of fused-ring (bicyclic) bond motifs is 1. The van der Waals surface area contributed by atoms with Gasteiger partial charge in [-0.15, -0.1) is 11.3 Å². The number of nitrogens with zero attached hydrogens (tertiary/aromatic N) is 2. The smallest absolute Gasteiger partial charge is 0.266 e. The van der Waals surface area contributed by atoms with Crippen LogP contribution >= 0.6 is 11.3 Å². The van der Waals surface area contributed by atoms with E-state index in [-0.39, 0.29) is 12.5 Å². The van der Waals surface area contributed by atoms with Crippen LogP contribution in [0.2, 0.25) is 0 Å². The number of carbonyl (C=O) groups excluding carboxylic acids is 1. The fraction of sp³-hybridized carbons (Fsp3) is 0.385. The number of anilines is 1.